The van der Waals surface area contributed by atoms with E-state index in [1.807, 2.05) is 0 Å². The lowest BCUT2D eigenvalue weighted by molar-refractivity contribution is 0.0468. The van der Waals surface area contributed by atoms with E-state index in [1.54, 1.807) is 35.7 Å². The van der Waals surface area contributed by atoms with Crippen LogP contribution in [0.3, 0.4) is 0 Å². The van der Waals surface area contributed by atoms with Gasteiger partial charge in [0, 0.05) is 5.38 Å². The minimum atomic E-state index is -0.582. The molecule has 7 nitrogen and oxygen atoms in total. The van der Waals surface area contributed by atoms with Gasteiger partial charge in [-0.15, -0.1) is 11.3 Å². The number of ether oxygens (including phenoxy) is 1. The van der Waals surface area contributed by atoms with Gasteiger partial charge in [-0.3, -0.25) is 4.79 Å². The predicted octanol–water partition coefficient (Wildman–Crippen LogP) is 3.26. The zero-order valence-corrected chi connectivity index (χ0v) is 16.6. The molecule has 2 aromatic heterocycles. The number of carbonyl (C=O) groups is 1. The molecule has 140 valence electrons. The Balaban J connectivity index is 1.67. The quantitative estimate of drug-likeness (QED) is 0.474. The standard InChI is InChI=1S/C19H12BrN3O4S/c20-18-21-12(10-28-18)9-27-17(25)11-6-7-14-15(8-11)22-19(26)23(16(14)24)13-4-2-1-3-5-13/h1-8,10H,9H2,(H,22,26). The highest BCUT2D eigenvalue weighted by atomic mass is 79.9. The van der Waals surface area contributed by atoms with Gasteiger partial charge in [-0.25, -0.2) is 19.1 Å². The predicted molar refractivity (Wildman–Crippen MR) is 109 cm³/mol. The molecule has 0 spiro atoms. The molecule has 0 fully saturated rings. The molecule has 0 bridgehead atoms. The third kappa shape index (κ3) is 3.54. The number of hydrogen-bond donors (Lipinski definition) is 1. The summed E-state index contributed by atoms with van der Waals surface area (Å²) < 4.78 is 7.00. The topological polar surface area (TPSA) is 94.0 Å². The molecular formula is C19H12BrN3O4S. The van der Waals surface area contributed by atoms with E-state index in [-0.39, 0.29) is 17.7 Å². The van der Waals surface area contributed by atoms with Gasteiger partial charge in [0.2, 0.25) is 0 Å². The maximum atomic E-state index is 12.8. The van der Waals surface area contributed by atoms with Gasteiger partial charge >= 0.3 is 11.7 Å². The van der Waals surface area contributed by atoms with Crippen LogP contribution in [-0.4, -0.2) is 20.5 Å². The molecule has 2 aromatic carbocycles. The largest absolute Gasteiger partial charge is 0.456 e. The summed E-state index contributed by atoms with van der Waals surface area (Å²) in [5.74, 6) is -0.570. The van der Waals surface area contributed by atoms with Crippen LogP contribution in [0, 0.1) is 0 Å². The monoisotopic (exact) mass is 457 g/mol. The van der Waals surface area contributed by atoms with Crippen molar-refractivity contribution in [1.29, 1.82) is 0 Å². The van der Waals surface area contributed by atoms with Gasteiger partial charge in [0.1, 0.15) is 6.61 Å². The lowest BCUT2D eigenvalue weighted by atomic mass is 10.1. The molecule has 0 atom stereocenters. The van der Waals surface area contributed by atoms with Gasteiger partial charge in [-0.2, -0.15) is 0 Å². The number of carbonyl (C=O) groups excluding carboxylic acids is 1. The van der Waals surface area contributed by atoms with E-state index in [2.05, 4.69) is 25.9 Å². The van der Waals surface area contributed by atoms with E-state index in [9.17, 15) is 14.4 Å². The first kappa shape index (κ1) is 18.3. The van der Waals surface area contributed by atoms with Crippen molar-refractivity contribution in [3.8, 4) is 5.69 Å². The van der Waals surface area contributed by atoms with Crippen molar-refractivity contribution in [2.45, 2.75) is 6.61 Å². The van der Waals surface area contributed by atoms with Crippen LogP contribution in [0.25, 0.3) is 16.6 Å². The molecule has 1 N–H and O–H groups in total. The van der Waals surface area contributed by atoms with E-state index < -0.39 is 17.2 Å². The molecule has 0 amide bonds. The van der Waals surface area contributed by atoms with E-state index in [4.69, 9.17) is 4.74 Å². The van der Waals surface area contributed by atoms with Gasteiger partial charge in [-0.05, 0) is 46.3 Å². The van der Waals surface area contributed by atoms with Crippen molar-refractivity contribution in [2.75, 3.05) is 0 Å². The molecule has 0 aliphatic carbocycles. The number of aromatic nitrogens is 3. The Morgan fingerprint density at radius 2 is 1.96 bits per heavy atom. The average molecular weight is 458 g/mol. The number of fused-ring (bicyclic) bond motifs is 1. The number of halogens is 1. The second-order valence-electron chi connectivity index (χ2n) is 5.83. The van der Waals surface area contributed by atoms with Crippen LogP contribution in [0.5, 0.6) is 0 Å². The molecule has 4 aromatic rings. The Bertz CT molecular complexity index is 1290. The molecule has 0 unspecified atom stereocenters. The van der Waals surface area contributed by atoms with Crippen molar-refractivity contribution < 1.29 is 9.53 Å². The van der Waals surface area contributed by atoms with Crippen molar-refractivity contribution in [3.63, 3.8) is 0 Å². The van der Waals surface area contributed by atoms with Crippen molar-refractivity contribution in [1.82, 2.24) is 14.5 Å². The van der Waals surface area contributed by atoms with E-state index in [0.29, 0.717) is 20.7 Å². The first-order chi connectivity index (χ1) is 13.5. The number of hydrogen-bond acceptors (Lipinski definition) is 6. The van der Waals surface area contributed by atoms with Crippen LogP contribution in [0.4, 0.5) is 0 Å². The summed E-state index contributed by atoms with van der Waals surface area (Å²) in [6, 6.07) is 13.1. The minimum absolute atomic E-state index is 0.0328. The summed E-state index contributed by atoms with van der Waals surface area (Å²) in [6.45, 7) is 0.0328. The van der Waals surface area contributed by atoms with Crippen LogP contribution < -0.4 is 11.2 Å². The average Bonchev–Trinajstić information content (AvgIpc) is 3.11. The molecule has 0 aliphatic rings. The summed E-state index contributed by atoms with van der Waals surface area (Å²) in [7, 11) is 0. The zero-order valence-electron chi connectivity index (χ0n) is 14.2. The molecule has 4 rings (SSSR count). The zero-order chi connectivity index (χ0) is 19.7. The van der Waals surface area contributed by atoms with Crippen molar-refractivity contribution >= 4 is 44.1 Å². The number of H-pyrrole nitrogens is 1. The molecule has 0 radical (unpaired) electrons. The van der Waals surface area contributed by atoms with Crippen LogP contribution in [-0.2, 0) is 11.3 Å². The number of para-hydroxylation sites is 1. The SMILES string of the molecule is O=C(OCc1csc(Br)n1)c1ccc2c(=O)n(-c3ccccc3)c(=O)[nH]c2c1. The van der Waals surface area contributed by atoms with Gasteiger partial charge < -0.3 is 9.72 Å². The maximum Gasteiger partial charge on any atom is 0.338 e. The molecule has 0 aliphatic heterocycles. The van der Waals surface area contributed by atoms with Crippen molar-refractivity contribution in [2.24, 2.45) is 0 Å². The fourth-order valence-corrected chi connectivity index (χ4v) is 3.76. The van der Waals surface area contributed by atoms with Gasteiger partial charge in [-0.1, -0.05) is 18.2 Å². The van der Waals surface area contributed by atoms with Crippen LogP contribution in [0.2, 0.25) is 0 Å². The number of esters is 1. The van der Waals surface area contributed by atoms with E-state index >= 15 is 0 Å². The summed E-state index contributed by atoms with van der Waals surface area (Å²) in [5, 5.41) is 2.07. The van der Waals surface area contributed by atoms with Gasteiger partial charge in [0.25, 0.3) is 5.56 Å². The third-order valence-corrected chi connectivity index (χ3v) is 5.44. The van der Waals surface area contributed by atoms with Crippen LogP contribution in [0.1, 0.15) is 16.1 Å². The number of rotatable bonds is 4. The Kier molecular flexibility index (Phi) is 4.93. The highest BCUT2D eigenvalue weighted by Crippen LogP contribution is 2.17. The molecule has 2 heterocycles. The first-order valence-corrected chi connectivity index (χ1v) is 9.82. The normalized spacial score (nSPS) is 10.9. The summed E-state index contributed by atoms with van der Waals surface area (Å²) >= 11 is 4.64. The fraction of sp³-hybridized carbons (Fsp3) is 0.0526. The molecule has 0 saturated heterocycles. The lowest BCUT2D eigenvalue weighted by Crippen LogP contribution is -2.33. The Morgan fingerprint density at radius 1 is 1.18 bits per heavy atom. The number of aromatic amines is 1. The first-order valence-electron chi connectivity index (χ1n) is 8.14. The smallest absolute Gasteiger partial charge is 0.338 e. The highest BCUT2D eigenvalue weighted by Gasteiger charge is 2.14. The minimum Gasteiger partial charge on any atom is -0.456 e. The fourth-order valence-electron chi connectivity index (χ4n) is 2.73. The van der Waals surface area contributed by atoms with Crippen LogP contribution >= 0.6 is 27.3 Å². The molecule has 28 heavy (non-hydrogen) atoms. The summed E-state index contributed by atoms with van der Waals surface area (Å²) in [4.78, 5) is 44.3. The van der Waals surface area contributed by atoms with Crippen LogP contribution in [0.15, 0.2) is 67.4 Å². The number of benzene rings is 2. The van der Waals surface area contributed by atoms with Crippen molar-refractivity contribution in [3.05, 3.63) is 89.9 Å². The van der Waals surface area contributed by atoms with Gasteiger partial charge in [0.05, 0.1) is 27.8 Å². The van der Waals surface area contributed by atoms with Gasteiger partial charge in [0.15, 0.2) is 3.92 Å². The molecule has 9 heteroatoms. The second kappa shape index (κ2) is 7.53. The third-order valence-electron chi connectivity index (χ3n) is 4.02. The molecular weight excluding hydrogens is 446 g/mol. The Morgan fingerprint density at radius 3 is 2.68 bits per heavy atom. The summed E-state index contributed by atoms with van der Waals surface area (Å²) in [5.41, 5.74) is 0.555. The summed E-state index contributed by atoms with van der Waals surface area (Å²) in [6.07, 6.45) is 0. The second-order valence-corrected chi connectivity index (χ2v) is 7.97. The molecule has 0 saturated carbocycles. The lowest BCUT2D eigenvalue weighted by Gasteiger charge is -2.08. The number of nitrogens with one attached hydrogen (secondary N) is 1. The Hall–Kier alpha value is -3.04. The van der Waals surface area contributed by atoms with E-state index in [1.165, 1.54) is 29.5 Å². The Labute approximate surface area is 170 Å². The number of nitrogens with zero attached hydrogens (tertiary/aromatic N) is 2. The number of thiazole rings is 1. The highest BCUT2D eigenvalue weighted by molar-refractivity contribution is 9.11. The maximum absolute atomic E-state index is 12.8. The van der Waals surface area contributed by atoms with E-state index in [0.717, 1.165) is 4.57 Å².